The average molecular weight is 491 g/mol. The number of carbonyl (C=O) groups excluding carboxylic acids is 1. The predicted octanol–water partition coefficient (Wildman–Crippen LogP) is 2.38. The van der Waals surface area contributed by atoms with Gasteiger partial charge in [0.2, 0.25) is 5.88 Å². The van der Waals surface area contributed by atoms with Gasteiger partial charge in [0.25, 0.3) is 0 Å². The molecule has 0 saturated carbocycles. The Morgan fingerprint density at radius 1 is 1.37 bits per heavy atom. The molecule has 0 aromatic carbocycles. The number of halogens is 1. The minimum atomic E-state index is -0.224. The maximum absolute atomic E-state index is 11.8. The molecule has 9 heteroatoms. The Balaban J connectivity index is 0.00000364. The lowest BCUT2D eigenvalue weighted by atomic mass is 10.1. The van der Waals surface area contributed by atoms with E-state index in [-0.39, 0.29) is 36.1 Å². The predicted molar refractivity (Wildman–Crippen MR) is 116 cm³/mol. The topological polar surface area (TPSA) is 88.1 Å². The van der Waals surface area contributed by atoms with E-state index in [0.717, 1.165) is 30.9 Å². The first-order valence-corrected chi connectivity index (χ1v) is 9.11. The molecule has 0 spiro atoms. The van der Waals surface area contributed by atoms with Crippen LogP contribution in [0.5, 0.6) is 5.88 Å². The highest BCUT2D eigenvalue weighted by Gasteiger charge is 2.23. The molecule has 1 fully saturated rings. The summed E-state index contributed by atoms with van der Waals surface area (Å²) in [6, 6.07) is 4.09. The summed E-state index contributed by atoms with van der Waals surface area (Å²) in [5.41, 5.74) is 1.03. The van der Waals surface area contributed by atoms with Gasteiger partial charge in [0.05, 0.1) is 20.3 Å². The summed E-state index contributed by atoms with van der Waals surface area (Å²) in [5, 5.41) is 6.73. The molecule has 0 atom stereocenters. The van der Waals surface area contributed by atoms with Crippen molar-refractivity contribution in [2.24, 2.45) is 4.99 Å². The number of carbonyl (C=O) groups is 1. The van der Waals surface area contributed by atoms with E-state index in [2.05, 4.69) is 20.6 Å². The number of nitrogens with zero attached hydrogens (tertiary/aromatic N) is 3. The van der Waals surface area contributed by atoms with Gasteiger partial charge in [-0.1, -0.05) is 0 Å². The van der Waals surface area contributed by atoms with Crippen LogP contribution in [0.4, 0.5) is 4.79 Å². The highest BCUT2D eigenvalue weighted by atomic mass is 127. The second-order valence-electron chi connectivity index (χ2n) is 6.01. The van der Waals surface area contributed by atoms with Crippen LogP contribution in [0.1, 0.15) is 32.3 Å². The molecule has 152 valence electrons. The first kappa shape index (κ1) is 23.3. The van der Waals surface area contributed by atoms with Gasteiger partial charge in [-0.2, -0.15) is 0 Å². The molecule has 8 nitrogen and oxygen atoms in total. The largest absolute Gasteiger partial charge is 0.481 e. The molecule has 1 aliphatic rings. The zero-order valence-corrected chi connectivity index (χ0v) is 18.6. The lowest BCUT2D eigenvalue weighted by molar-refractivity contribution is 0.0963. The first-order chi connectivity index (χ1) is 12.7. The quantitative estimate of drug-likeness (QED) is 0.361. The molecule has 2 rings (SSSR count). The van der Waals surface area contributed by atoms with E-state index >= 15 is 0 Å². The zero-order valence-electron chi connectivity index (χ0n) is 16.2. The lowest BCUT2D eigenvalue weighted by Gasteiger charge is -2.32. The molecular formula is C18H30IN5O3. The highest BCUT2D eigenvalue weighted by molar-refractivity contribution is 14.0. The molecular weight excluding hydrogens is 461 g/mol. The maximum Gasteiger partial charge on any atom is 0.409 e. The van der Waals surface area contributed by atoms with Gasteiger partial charge in [0.1, 0.15) is 0 Å². The van der Waals surface area contributed by atoms with Gasteiger partial charge in [0, 0.05) is 37.9 Å². The van der Waals surface area contributed by atoms with Gasteiger partial charge in [-0.15, -0.1) is 24.0 Å². The van der Waals surface area contributed by atoms with Crippen molar-refractivity contribution in [3.05, 3.63) is 23.9 Å². The number of likely N-dealkylation sites (tertiary alicyclic amines) is 1. The maximum atomic E-state index is 11.8. The number of nitrogens with one attached hydrogen (secondary N) is 2. The van der Waals surface area contributed by atoms with E-state index in [1.54, 1.807) is 18.2 Å². The summed E-state index contributed by atoms with van der Waals surface area (Å²) >= 11 is 0. The number of amides is 1. The minimum Gasteiger partial charge on any atom is -0.481 e. The Morgan fingerprint density at radius 3 is 2.74 bits per heavy atom. The molecule has 1 aliphatic heterocycles. The second-order valence-corrected chi connectivity index (χ2v) is 6.01. The third-order valence-corrected chi connectivity index (χ3v) is 4.13. The van der Waals surface area contributed by atoms with Crippen LogP contribution in [0.15, 0.2) is 23.3 Å². The number of guanidine groups is 1. The molecule has 1 aromatic rings. The SMILES string of the molecule is CCNC(=NCc1ccnc(OC)c1)NC1CCN(C(=O)OCC)CC1.I. The number of hydrogen-bond acceptors (Lipinski definition) is 5. The second kappa shape index (κ2) is 12.6. The Bertz CT molecular complexity index is 606. The van der Waals surface area contributed by atoms with E-state index in [1.807, 2.05) is 26.0 Å². The standard InChI is InChI=1S/C18H29N5O3.HI/c1-4-19-17(21-13-14-6-9-20-16(12-14)25-3)22-15-7-10-23(11-8-15)18(24)26-5-2;/h6,9,12,15H,4-5,7-8,10-11,13H2,1-3H3,(H2,19,21,22);1H. The molecule has 0 unspecified atom stereocenters. The van der Waals surface area contributed by atoms with Crippen molar-refractivity contribution in [2.45, 2.75) is 39.3 Å². The number of hydrogen-bond donors (Lipinski definition) is 2. The number of methoxy groups -OCH3 is 1. The average Bonchev–Trinajstić information content (AvgIpc) is 2.67. The summed E-state index contributed by atoms with van der Waals surface area (Å²) < 4.78 is 10.2. The van der Waals surface area contributed by atoms with Gasteiger partial charge < -0.3 is 25.0 Å². The fourth-order valence-electron chi connectivity index (χ4n) is 2.77. The third kappa shape index (κ3) is 7.77. The molecule has 2 heterocycles. The number of rotatable bonds is 6. The van der Waals surface area contributed by atoms with Gasteiger partial charge in [0.15, 0.2) is 5.96 Å². The molecule has 0 radical (unpaired) electrons. The van der Waals surface area contributed by atoms with Gasteiger partial charge in [-0.25, -0.2) is 14.8 Å². The van der Waals surface area contributed by atoms with E-state index in [1.165, 1.54) is 0 Å². The van der Waals surface area contributed by atoms with Crippen molar-refractivity contribution in [1.82, 2.24) is 20.5 Å². The summed E-state index contributed by atoms with van der Waals surface area (Å²) in [6.45, 7) is 6.98. The van der Waals surface area contributed by atoms with E-state index in [9.17, 15) is 4.79 Å². The number of pyridine rings is 1. The van der Waals surface area contributed by atoms with Crippen molar-refractivity contribution in [2.75, 3.05) is 33.4 Å². The fraction of sp³-hybridized carbons (Fsp3) is 0.611. The van der Waals surface area contributed by atoms with Crippen LogP contribution in [-0.2, 0) is 11.3 Å². The first-order valence-electron chi connectivity index (χ1n) is 9.11. The molecule has 1 amide bonds. The van der Waals surface area contributed by atoms with Crippen LogP contribution in [0.25, 0.3) is 0 Å². The van der Waals surface area contributed by atoms with Crippen LogP contribution in [0.2, 0.25) is 0 Å². The molecule has 1 saturated heterocycles. The van der Waals surface area contributed by atoms with Crippen LogP contribution < -0.4 is 15.4 Å². The minimum absolute atomic E-state index is 0. The van der Waals surface area contributed by atoms with E-state index < -0.39 is 0 Å². The smallest absolute Gasteiger partial charge is 0.409 e. The van der Waals surface area contributed by atoms with Crippen LogP contribution in [0.3, 0.4) is 0 Å². The van der Waals surface area contributed by atoms with Crippen molar-refractivity contribution < 1.29 is 14.3 Å². The van der Waals surface area contributed by atoms with Crippen LogP contribution in [0, 0.1) is 0 Å². The van der Waals surface area contributed by atoms with Gasteiger partial charge in [-0.05, 0) is 38.3 Å². The molecule has 0 bridgehead atoms. The number of piperidine rings is 1. The van der Waals surface area contributed by atoms with Gasteiger partial charge in [-0.3, -0.25) is 0 Å². The molecule has 0 aliphatic carbocycles. The van der Waals surface area contributed by atoms with Crippen molar-refractivity contribution in [3.63, 3.8) is 0 Å². The van der Waals surface area contributed by atoms with Crippen LogP contribution >= 0.6 is 24.0 Å². The molecule has 27 heavy (non-hydrogen) atoms. The summed E-state index contributed by atoms with van der Waals surface area (Å²) in [4.78, 5) is 22.3. The van der Waals surface area contributed by atoms with Crippen LogP contribution in [-0.4, -0.2) is 61.3 Å². The highest BCUT2D eigenvalue weighted by Crippen LogP contribution is 2.12. The van der Waals surface area contributed by atoms with Crippen molar-refractivity contribution in [1.29, 1.82) is 0 Å². The Labute approximate surface area is 178 Å². The monoisotopic (exact) mass is 491 g/mol. The number of ether oxygens (including phenoxy) is 2. The summed E-state index contributed by atoms with van der Waals surface area (Å²) in [5.74, 6) is 1.36. The number of aliphatic imine (C=N–C) groups is 1. The zero-order chi connectivity index (χ0) is 18.8. The lowest BCUT2D eigenvalue weighted by Crippen LogP contribution is -2.49. The van der Waals surface area contributed by atoms with Gasteiger partial charge >= 0.3 is 6.09 Å². The fourth-order valence-corrected chi connectivity index (χ4v) is 2.77. The Kier molecular flexibility index (Phi) is 10.8. The van der Waals surface area contributed by atoms with E-state index in [4.69, 9.17) is 9.47 Å². The van der Waals surface area contributed by atoms with Crippen molar-refractivity contribution in [3.8, 4) is 5.88 Å². The molecule has 1 aromatic heterocycles. The van der Waals surface area contributed by atoms with Crippen molar-refractivity contribution >= 4 is 36.0 Å². The molecule has 2 N–H and O–H groups in total. The normalized spacial score (nSPS) is 14.9. The summed E-state index contributed by atoms with van der Waals surface area (Å²) in [6.07, 6.45) is 3.23. The summed E-state index contributed by atoms with van der Waals surface area (Å²) in [7, 11) is 1.60. The van der Waals surface area contributed by atoms with E-state index in [0.29, 0.717) is 32.1 Å². The third-order valence-electron chi connectivity index (χ3n) is 4.13. The number of aromatic nitrogens is 1. The Hall–Kier alpha value is -1.78. The Morgan fingerprint density at radius 2 is 2.11 bits per heavy atom.